The minimum absolute atomic E-state index is 0.773. The first-order chi connectivity index (χ1) is 8.27. The van der Waals surface area contributed by atoms with Gasteiger partial charge in [-0.15, -0.1) is 0 Å². The molecule has 102 valence electrons. The maximum Gasteiger partial charge on any atom is 0.0180 e. The molecule has 0 radical (unpaired) electrons. The third kappa shape index (κ3) is 6.12. The van der Waals surface area contributed by atoms with Crippen molar-refractivity contribution in [2.75, 3.05) is 38.7 Å². The average molecular weight is 258 g/mol. The van der Waals surface area contributed by atoms with E-state index in [0.29, 0.717) is 0 Å². The Morgan fingerprint density at radius 2 is 2.29 bits per heavy atom. The highest BCUT2D eigenvalue weighted by Crippen LogP contribution is 2.17. The third-order valence-corrected chi connectivity index (χ3v) is 4.69. The molecule has 2 atom stereocenters. The van der Waals surface area contributed by atoms with E-state index in [1.54, 1.807) is 0 Å². The summed E-state index contributed by atoms with van der Waals surface area (Å²) in [7, 11) is 2.30. The molecule has 1 aliphatic heterocycles. The highest BCUT2D eigenvalue weighted by atomic mass is 32.2. The van der Waals surface area contributed by atoms with Gasteiger partial charge < -0.3 is 10.2 Å². The number of nitrogens with zero attached hydrogens (tertiary/aromatic N) is 1. The van der Waals surface area contributed by atoms with Gasteiger partial charge in [-0.2, -0.15) is 11.8 Å². The number of nitrogens with one attached hydrogen (secondary N) is 1. The second-order valence-corrected chi connectivity index (χ2v) is 6.26. The summed E-state index contributed by atoms with van der Waals surface area (Å²) in [5, 5.41) is 3.51. The molecule has 0 amide bonds. The van der Waals surface area contributed by atoms with E-state index >= 15 is 0 Å². The lowest BCUT2D eigenvalue weighted by molar-refractivity contribution is 0.238. The second kappa shape index (κ2) is 9.23. The van der Waals surface area contributed by atoms with Gasteiger partial charge in [-0.1, -0.05) is 6.92 Å². The third-order valence-electron chi connectivity index (χ3n) is 3.98. The lowest BCUT2D eigenvalue weighted by Gasteiger charge is -2.28. The van der Waals surface area contributed by atoms with Crippen LogP contribution in [0, 0.1) is 5.92 Å². The number of hydrogen-bond donors (Lipinski definition) is 1. The Labute approximate surface area is 112 Å². The van der Waals surface area contributed by atoms with Crippen LogP contribution in [0.25, 0.3) is 0 Å². The fraction of sp³-hybridized carbons (Fsp3) is 1.00. The molecule has 1 aliphatic rings. The molecular formula is C14H30N2S. The molecule has 17 heavy (non-hydrogen) atoms. The van der Waals surface area contributed by atoms with E-state index in [4.69, 9.17) is 0 Å². The van der Waals surface area contributed by atoms with E-state index in [1.807, 2.05) is 11.8 Å². The summed E-state index contributed by atoms with van der Waals surface area (Å²) in [6.45, 7) is 6.08. The number of hydrogen-bond acceptors (Lipinski definition) is 3. The molecule has 0 bridgehead atoms. The summed E-state index contributed by atoms with van der Waals surface area (Å²) in [5.41, 5.74) is 0. The van der Waals surface area contributed by atoms with Gasteiger partial charge in [0.15, 0.2) is 0 Å². The van der Waals surface area contributed by atoms with Crippen molar-refractivity contribution in [3.63, 3.8) is 0 Å². The maximum atomic E-state index is 3.51. The fourth-order valence-corrected chi connectivity index (χ4v) is 3.61. The SMILES string of the molecule is CCC(CSC)N(C)CCCC1CCCNC1. The van der Waals surface area contributed by atoms with Gasteiger partial charge in [-0.05, 0) is 71.0 Å². The smallest absolute Gasteiger partial charge is 0.0180 e. The van der Waals surface area contributed by atoms with Crippen molar-refractivity contribution < 1.29 is 0 Å². The highest BCUT2D eigenvalue weighted by molar-refractivity contribution is 7.98. The molecule has 0 saturated carbocycles. The van der Waals surface area contributed by atoms with Crippen LogP contribution in [0.4, 0.5) is 0 Å². The molecule has 3 heteroatoms. The predicted molar refractivity (Wildman–Crippen MR) is 79.9 cm³/mol. The first-order valence-corrected chi connectivity index (χ1v) is 8.57. The first kappa shape index (κ1) is 15.3. The Bertz CT molecular complexity index is 181. The zero-order valence-electron chi connectivity index (χ0n) is 11.9. The van der Waals surface area contributed by atoms with Crippen LogP contribution in [0.2, 0.25) is 0 Å². The Kier molecular flexibility index (Phi) is 8.33. The summed E-state index contributed by atoms with van der Waals surface area (Å²) < 4.78 is 0. The van der Waals surface area contributed by atoms with Gasteiger partial charge in [-0.25, -0.2) is 0 Å². The van der Waals surface area contributed by atoms with Gasteiger partial charge in [0.05, 0.1) is 0 Å². The molecular weight excluding hydrogens is 228 g/mol. The van der Waals surface area contributed by atoms with Crippen LogP contribution >= 0.6 is 11.8 Å². The maximum absolute atomic E-state index is 3.51. The Morgan fingerprint density at radius 3 is 2.88 bits per heavy atom. The molecule has 2 unspecified atom stereocenters. The van der Waals surface area contributed by atoms with Crippen LogP contribution in [0.3, 0.4) is 0 Å². The quantitative estimate of drug-likeness (QED) is 0.721. The standard InChI is InChI=1S/C14H30N2S/c1-4-14(12-17-3)16(2)10-6-8-13-7-5-9-15-11-13/h13-15H,4-12H2,1-3H3. The molecule has 1 heterocycles. The predicted octanol–water partition coefficient (Wildman–Crippen LogP) is 2.84. The largest absolute Gasteiger partial charge is 0.316 e. The van der Waals surface area contributed by atoms with Crippen LogP contribution < -0.4 is 5.32 Å². The number of rotatable bonds is 8. The number of thioether (sulfide) groups is 1. The van der Waals surface area contributed by atoms with Crippen LogP contribution in [-0.4, -0.2) is 49.6 Å². The van der Waals surface area contributed by atoms with Gasteiger partial charge >= 0.3 is 0 Å². The van der Waals surface area contributed by atoms with Crippen LogP contribution in [0.1, 0.15) is 39.0 Å². The molecule has 1 saturated heterocycles. The van der Waals surface area contributed by atoms with Crippen molar-refractivity contribution in [2.45, 2.75) is 45.1 Å². The van der Waals surface area contributed by atoms with Gasteiger partial charge in [0.25, 0.3) is 0 Å². The summed E-state index contributed by atoms with van der Waals surface area (Å²) in [6, 6.07) is 0.773. The molecule has 0 aromatic rings. The van der Waals surface area contributed by atoms with Crippen LogP contribution in [0.15, 0.2) is 0 Å². The molecule has 1 rings (SSSR count). The van der Waals surface area contributed by atoms with E-state index in [1.165, 1.54) is 57.5 Å². The van der Waals surface area contributed by atoms with E-state index in [-0.39, 0.29) is 0 Å². The molecule has 1 fully saturated rings. The zero-order chi connectivity index (χ0) is 12.5. The van der Waals surface area contributed by atoms with Crippen molar-refractivity contribution in [1.82, 2.24) is 10.2 Å². The van der Waals surface area contributed by atoms with Gasteiger partial charge in [0.1, 0.15) is 0 Å². The second-order valence-electron chi connectivity index (χ2n) is 5.35. The molecule has 0 aromatic carbocycles. The van der Waals surface area contributed by atoms with Crippen molar-refractivity contribution in [1.29, 1.82) is 0 Å². The minimum atomic E-state index is 0.773. The first-order valence-electron chi connectivity index (χ1n) is 7.17. The lowest BCUT2D eigenvalue weighted by Crippen LogP contribution is -2.35. The van der Waals surface area contributed by atoms with Gasteiger partial charge in [0.2, 0.25) is 0 Å². The monoisotopic (exact) mass is 258 g/mol. The topological polar surface area (TPSA) is 15.3 Å². The van der Waals surface area contributed by atoms with E-state index in [0.717, 1.165) is 12.0 Å². The summed E-state index contributed by atoms with van der Waals surface area (Å²) in [5.74, 6) is 2.22. The Balaban J connectivity index is 2.11. The van der Waals surface area contributed by atoms with Crippen molar-refractivity contribution in [3.8, 4) is 0 Å². The van der Waals surface area contributed by atoms with E-state index < -0.39 is 0 Å². The van der Waals surface area contributed by atoms with Gasteiger partial charge in [-0.3, -0.25) is 0 Å². The van der Waals surface area contributed by atoms with E-state index in [9.17, 15) is 0 Å². The summed E-state index contributed by atoms with van der Waals surface area (Å²) >= 11 is 1.97. The normalized spacial score (nSPS) is 22.9. The Morgan fingerprint density at radius 1 is 1.47 bits per heavy atom. The number of piperidine rings is 1. The molecule has 0 spiro atoms. The molecule has 1 N–H and O–H groups in total. The lowest BCUT2D eigenvalue weighted by atomic mass is 9.94. The summed E-state index contributed by atoms with van der Waals surface area (Å²) in [6.07, 6.45) is 9.09. The van der Waals surface area contributed by atoms with Gasteiger partial charge in [0, 0.05) is 11.8 Å². The molecule has 2 nitrogen and oxygen atoms in total. The molecule has 0 aliphatic carbocycles. The molecule has 0 aromatic heterocycles. The van der Waals surface area contributed by atoms with Crippen molar-refractivity contribution in [2.24, 2.45) is 5.92 Å². The fourth-order valence-electron chi connectivity index (χ4n) is 2.73. The zero-order valence-corrected chi connectivity index (χ0v) is 12.7. The highest BCUT2D eigenvalue weighted by Gasteiger charge is 2.15. The van der Waals surface area contributed by atoms with Crippen molar-refractivity contribution in [3.05, 3.63) is 0 Å². The Hall–Kier alpha value is 0.270. The average Bonchev–Trinajstić information content (AvgIpc) is 2.37. The minimum Gasteiger partial charge on any atom is -0.316 e. The van der Waals surface area contributed by atoms with Crippen LogP contribution in [0.5, 0.6) is 0 Å². The van der Waals surface area contributed by atoms with Crippen LogP contribution in [-0.2, 0) is 0 Å². The van der Waals surface area contributed by atoms with Crippen molar-refractivity contribution >= 4 is 11.8 Å². The van der Waals surface area contributed by atoms with E-state index in [2.05, 4.69) is 30.4 Å². The summed E-state index contributed by atoms with van der Waals surface area (Å²) in [4.78, 5) is 2.56.